The van der Waals surface area contributed by atoms with Gasteiger partial charge >= 0.3 is 5.97 Å². The Bertz CT molecular complexity index is 667. The first kappa shape index (κ1) is 17.9. The number of rotatable bonds is 6. The van der Waals surface area contributed by atoms with Gasteiger partial charge in [0.05, 0.1) is 6.61 Å². The molecule has 6 heteroatoms. The van der Waals surface area contributed by atoms with Crippen molar-refractivity contribution in [2.75, 3.05) is 26.3 Å². The number of hydrogen-bond acceptors (Lipinski definition) is 4. The first-order chi connectivity index (χ1) is 12.1. The molecule has 1 aliphatic carbocycles. The molecule has 1 aliphatic heterocycles. The van der Waals surface area contributed by atoms with E-state index in [2.05, 4.69) is 5.32 Å². The molecule has 1 aromatic carbocycles. The van der Waals surface area contributed by atoms with Crippen LogP contribution in [0.5, 0.6) is 5.75 Å². The van der Waals surface area contributed by atoms with Crippen molar-refractivity contribution < 1.29 is 23.0 Å². The summed E-state index contributed by atoms with van der Waals surface area (Å²) in [4.78, 5) is 12.0. The largest absolute Gasteiger partial charge is 0.487 e. The van der Waals surface area contributed by atoms with Crippen LogP contribution in [0.3, 0.4) is 0 Å². The maximum Gasteiger partial charge on any atom is 0.334 e. The molecule has 0 atom stereocenters. The van der Waals surface area contributed by atoms with E-state index in [9.17, 15) is 13.6 Å². The number of ether oxygens (including phenoxy) is 2. The smallest absolute Gasteiger partial charge is 0.334 e. The van der Waals surface area contributed by atoms with Gasteiger partial charge in [0, 0.05) is 12.0 Å². The Balaban J connectivity index is 1.88. The van der Waals surface area contributed by atoms with E-state index < -0.39 is 13.0 Å². The number of halogens is 2. The van der Waals surface area contributed by atoms with E-state index >= 15 is 0 Å². The molecule has 1 fully saturated rings. The average Bonchev–Trinajstić information content (AvgIpc) is 3.03. The summed E-state index contributed by atoms with van der Waals surface area (Å²) < 4.78 is 35.7. The fraction of sp³-hybridized carbons (Fsp3) is 0.526. The number of esters is 1. The fourth-order valence-corrected chi connectivity index (χ4v) is 3.48. The van der Waals surface area contributed by atoms with Crippen molar-refractivity contribution in [1.82, 2.24) is 5.32 Å². The zero-order valence-electron chi connectivity index (χ0n) is 14.3. The van der Waals surface area contributed by atoms with Gasteiger partial charge in [0.1, 0.15) is 12.4 Å². The molecule has 25 heavy (non-hydrogen) atoms. The highest BCUT2D eigenvalue weighted by Crippen LogP contribution is 2.38. The molecular formula is C19H23F2NO3. The first-order valence-corrected chi connectivity index (χ1v) is 8.74. The second-order valence-electron chi connectivity index (χ2n) is 6.38. The summed E-state index contributed by atoms with van der Waals surface area (Å²) in [6.45, 7) is 3.29. The molecule has 0 unspecified atom stereocenters. The molecule has 3 rings (SSSR count). The summed E-state index contributed by atoms with van der Waals surface area (Å²) in [5.41, 5.74) is 3.45. The topological polar surface area (TPSA) is 47.6 Å². The highest BCUT2D eigenvalue weighted by molar-refractivity contribution is 5.96. The van der Waals surface area contributed by atoms with E-state index in [-0.39, 0.29) is 11.9 Å². The lowest BCUT2D eigenvalue weighted by Gasteiger charge is -2.26. The van der Waals surface area contributed by atoms with Crippen molar-refractivity contribution in [3.8, 4) is 5.75 Å². The molecule has 0 saturated carbocycles. The molecule has 2 aliphatic rings. The molecule has 0 radical (unpaired) electrons. The lowest BCUT2D eigenvalue weighted by atomic mass is 9.87. The zero-order chi connectivity index (χ0) is 17.8. The predicted molar refractivity (Wildman–Crippen MR) is 91.1 cm³/mol. The van der Waals surface area contributed by atoms with Gasteiger partial charge in [-0.2, -0.15) is 0 Å². The van der Waals surface area contributed by atoms with Gasteiger partial charge < -0.3 is 14.8 Å². The van der Waals surface area contributed by atoms with Crippen LogP contribution in [0, 0.1) is 0 Å². The summed E-state index contributed by atoms with van der Waals surface area (Å²) in [6, 6.07) is 3.82. The van der Waals surface area contributed by atoms with Gasteiger partial charge in [-0.15, -0.1) is 0 Å². The van der Waals surface area contributed by atoms with Crippen LogP contribution < -0.4 is 10.1 Å². The SMILES string of the molecule is CCOC(=O)C1=Cc2cc(OCC(F)F)c(C3CCNCC3)cc2C1. The Morgan fingerprint density at radius 3 is 2.76 bits per heavy atom. The van der Waals surface area contributed by atoms with Crippen LogP contribution in [0.25, 0.3) is 6.08 Å². The Labute approximate surface area is 146 Å². The quantitative estimate of drug-likeness (QED) is 0.799. The van der Waals surface area contributed by atoms with Gasteiger partial charge in [0.2, 0.25) is 0 Å². The van der Waals surface area contributed by atoms with Crippen LogP contribution in [0.15, 0.2) is 17.7 Å². The van der Waals surface area contributed by atoms with Crippen molar-refractivity contribution >= 4 is 12.0 Å². The number of carbonyl (C=O) groups is 1. The standard InChI is InChI=1S/C19H23F2NO3/c1-2-24-19(23)15-7-13-9-16(12-3-5-22-6-4-12)17(10-14(13)8-15)25-11-18(20)21/h8-10,12,18,22H,2-7,11H2,1H3. The van der Waals surface area contributed by atoms with Crippen LogP contribution >= 0.6 is 0 Å². The van der Waals surface area contributed by atoms with Gasteiger partial charge in [-0.25, -0.2) is 13.6 Å². The van der Waals surface area contributed by atoms with Crippen LogP contribution in [-0.2, 0) is 16.0 Å². The van der Waals surface area contributed by atoms with Crippen LogP contribution in [0.1, 0.15) is 42.4 Å². The number of alkyl halides is 2. The summed E-state index contributed by atoms with van der Waals surface area (Å²) in [6.07, 6.45) is 1.67. The molecule has 4 nitrogen and oxygen atoms in total. The van der Waals surface area contributed by atoms with Gasteiger partial charge in [-0.05, 0) is 67.6 Å². The molecule has 1 heterocycles. The van der Waals surface area contributed by atoms with E-state index in [4.69, 9.17) is 9.47 Å². The zero-order valence-corrected chi connectivity index (χ0v) is 14.3. The second-order valence-corrected chi connectivity index (χ2v) is 6.38. The Kier molecular flexibility index (Phi) is 5.68. The molecule has 136 valence electrons. The minimum absolute atomic E-state index is 0.283. The minimum atomic E-state index is -2.51. The molecular weight excluding hydrogens is 328 g/mol. The Morgan fingerprint density at radius 1 is 1.32 bits per heavy atom. The summed E-state index contributed by atoms with van der Waals surface area (Å²) in [5, 5.41) is 3.31. The molecule has 1 saturated heterocycles. The molecule has 0 bridgehead atoms. The summed E-state index contributed by atoms with van der Waals surface area (Å²) in [7, 11) is 0. The fourth-order valence-electron chi connectivity index (χ4n) is 3.48. The Hall–Kier alpha value is -1.95. The number of fused-ring (bicyclic) bond motifs is 1. The average molecular weight is 351 g/mol. The van der Waals surface area contributed by atoms with Crippen LogP contribution in [0.4, 0.5) is 8.78 Å². The molecule has 1 aromatic rings. The molecule has 0 amide bonds. The summed E-state index contributed by atoms with van der Waals surface area (Å²) >= 11 is 0. The van der Waals surface area contributed by atoms with Gasteiger partial charge in [0.15, 0.2) is 0 Å². The highest BCUT2D eigenvalue weighted by Gasteiger charge is 2.25. The number of nitrogens with one attached hydrogen (secondary N) is 1. The molecule has 0 spiro atoms. The van der Waals surface area contributed by atoms with E-state index in [0.29, 0.717) is 24.4 Å². The van der Waals surface area contributed by atoms with Crippen molar-refractivity contribution in [2.45, 2.75) is 38.5 Å². The lowest BCUT2D eigenvalue weighted by molar-refractivity contribution is -0.138. The van der Waals surface area contributed by atoms with E-state index in [1.165, 1.54) is 0 Å². The number of piperidine rings is 1. The van der Waals surface area contributed by atoms with Gasteiger partial charge in [-0.1, -0.05) is 6.07 Å². The van der Waals surface area contributed by atoms with Gasteiger partial charge in [-0.3, -0.25) is 0 Å². The summed E-state index contributed by atoms with van der Waals surface area (Å²) in [5.74, 6) is 0.468. The van der Waals surface area contributed by atoms with Crippen molar-refractivity contribution in [3.05, 3.63) is 34.4 Å². The minimum Gasteiger partial charge on any atom is -0.487 e. The predicted octanol–water partition coefficient (Wildman–Crippen LogP) is 3.30. The van der Waals surface area contributed by atoms with Crippen molar-refractivity contribution in [2.24, 2.45) is 0 Å². The van der Waals surface area contributed by atoms with E-state index in [1.54, 1.807) is 19.1 Å². The van der Waals surface area contributed by atoms with Crippen molar-refractivity contribution in [3.63, 3.8) is 0 Å². The maximum atomic E-state index is 12.6. The monoisotopic (exact) mass is 351 g/mol. The molecule has 0 aromatic heterocycles. The maximum absolute atomic E-state index is 12.6. The van der Waals surface area contributed by atoms with Crippen LogP contribution in [-0.4, -0.2) is 38.7 Å². The first-order valence-electron chi connectivity index (χ1n) is 8.74. The number of carbonyl (C=O) groups excluding carboxylic acids is 1. The van der Waals surface area contributed by atoms with E-state index in [1.807, 2.05) is 6.07 Å². The number of benzene rings is 1. The van der Waals surface area contributed by atoms with Gasteiger partial charge in [0.25, 0.3) is 6.43 Å². The number of hydrogen-bond donors (Lipinski definition) is 1. The Morgan fingerprint density at radius 2 is 2.08 bits per heavy atom. The van der Waals surface area contributed by atoms with Crippen LogP contribution in [0.2, 0.25) is 0 Å². The molecule has 1 N–H and O–H groups in total. The third-order valence-electron chi connectivity index (χ3n) is 4.66. The lowest BCUT2D eigenvalue weighted by Crippen LogP contribution is -2.27. The highest BCUT2D eigenvalue weighted by atomic mass is 19.3. The van der Waals surface area contributed by atoms with Crippen molar-refractivity contribution in [1.29, 1.82) is 0 Å². The third kappa shape index (κ3) is 4.18. The van der Waals surface area contributed by atoms with E-state index in [0.717, 1.165) is 42.6 Å². The normalized spacial score (nSPS) is 17.4. The third-order valence-corrected chi connectivity index (χ3v) is 4.66. The second kappa shape index (κ2) is 7.95.